The Morgan fingerprint density at radius 1 is 1.04 bits per heavy atom. The van der Waals surface area contributed by atoms with Gasteiger partial charge >= 0.3 is 0 Å². The van der Waals surface area contributed by atoms with E-state index in [1.54, 1.807) is 49.5 Å². The molecule has 23 heavy (non-hydrogen) atoms. The third-order valence-corrected chi connectivity index (χ3v) is 3.16. The minimum atomic E-state index is -0.316. The van der Waals surface area contributed by atoms with E-state index in [9.17, 15) is 14.0 Å². The predicted molar refractivity (Wildman–Crippen MR) is 88.3 cm³/mol. The number of carbonyl (C=O) groups excluding carboxylic acids is 2. The summed E-state index contributed by atoms with van der Waals surface area (Å²) in [7, 11) is 1.59. The van der Waals surface area contributed by atoms with Crippen molar-refractivity contribution in [2.24, 2.45) is 0 Å². The molecule has 2 aromatic rings. The molecule has 2 N–H and O–H groups in total. The summed E-state index contributed by atoms with van der Waals surface area (Å²) in [6.07, 6.45) is 3.29. The highest BCUT2D eigenvalue weighted by molar-refractivity contribution is 6.01. The first kappa shape index (κ1) is 16.4. The van der Waals surface area contributed by atoms with Crippen LogP contribution in [0.3, 0.4) is 0 Å². The van der Waals surface area contributed by atoms with Crippen molar-refractivity contribution in [2.45, 2.75) is 6.42 Å². The van der Waals surface area contributed by atoms with Crippen molar-refractivity contribution in [1.82, 2.24) is 5.32 Å². The molecule has 0 heterocycles. The van der Waals surface area contributed by atoms with Crippen molar-refractivity contribution in [3.05, 3.63) is 71.6 Å². The van der Waals surface area contributed by atoms with Gasteiger partial charge in [-0.3, -0.25) is 9.59 Å². The van der Waals surface area contributed by atoms with E-state index in [1.165, 1.54) is 18.2 Å². The van der Waals surface area contributed by atoms with Crippen LogP contribution in [0.5, 0.6) is 0 Å². The molecule has 0 fully saturated rings. The second-order valence-electron chi connectivity index (χ2n) is 4.92. The van der Waals surface area contributed by atoms with Crippen LogP contribution in [0.25, 0.3) is 6.08 Å². The molecule has 0 bridgehead atoms. The average molecular weight is 312 g/mol. The highest BCUT2D eigenvalue weighted by atomic mass is 19.1. The Labute approximate surface area is 134 Å². The van der Waals surface area contributed by atoms with Gasteiger partial charge in [0.2, 0.25) is 11.8 Å². The van der Waals surface area contributed by atoms with Crippen LogP contribution in [0, 0.1) is 5.82 Å². The smallest absolute Gasteiger partial charge is 0.248 e. The van der Waals surface area contributed by atoms with Gasteiger partial charge in [0.1, 0.15) is 5.82 Å². The van der Waals surface area contributed by atoms with Gasteiger partial charge in [-0.1, -0.05) is 24.3 Å². The quantitative estimate of drug-likeness (QED) is 0.834. The van der Waals surface area contributed by atoms with Crippen LogP contribution in [0.4, 0.5) is 10.1 Å². The van der Waals surface area contributed by atoms with Crippen LogP contribution >= 0.6 is 0 Å². The number of halogens is 1. The monoisotopic (exact) mass is 312 g/mol. The highest BCUT2D eigenvalue weighted by Crippen LogP contribution is 2.11. The number of nitrogens with one attached hydrogen (secondary N) is 2. The van der Waals surface area contributed by atoms with Crippen LogP contribution in [-0.2, 0) is 16.0 Å². The van der Waals surface area contributed by atoms with Gasteiger partial charge in [0.05, 0.1) is 6.42 Å². The maximum Gasteiger partial charge on any atom is 0.248 e. The number of rotatable bonds is 5. The predicted octanol–water partition coefficient (Wildman–Crippen LogP) is 2.77. The maximum atomic E-state index is 12.8. The fraction of sp³-hybridized carbons (Fsp3) is 0.111. The second kappa shape index (κ2) is 7.89. The zero-order valence-electron chi connectivity index (χ0n) is 12.7. The SMILES string of the molecule is CNC(=O)Cc1ccc(NC(=O)/C=C/c2ccc(F)cc2)cc1. The van der Waals surface area contributed by atoms with E-state index in [4.69, 9.17) is 0 Å². The van der Waals surface area contributed by atoms with Crippen LogP contribution < -0.4 is 10.6 Å². The lowest BCUT2D eigenvalue weighted by atomic mass is 10.1. The molecule has 5 heteroatoms. The molecular formula is C18H17FN2O2. The Hall–Kier alpha value is -2.95. The summed E-state index contributed by atoms with van der Waals surface area (Å²) in [6, 6.07) is 12.9. The van der Waals surface area contributed by atoms with E-state index < -0.39 is 0 Å². The van der Waals surface area contributed by atoms with E-state index in [0.29, 0.717) is 12.1 Å². The minimum Gasteiger partial charge on any atom is -0.359 e. The zero-order chi connectivity index (χ0) is 16.7. The third kappa shape index (κ3) is 5.39. The van der Waals surface area contributed by atoms with Crippen molar-refractivity contribution < 1.29 is 14.0 Å². The molecule has 2 aromatic carbocycles. The van der Waals surface area contributed by atoms with E-state index in [-0.39, 0.29) is 17.6 Å². The van der Waals surface area contributed by atoms with Crippen LogP contribution in [-0.4, -0.2) is 18.9 Å². The summed E-state index contributed by atoms with van der Waals surface area (Å²) in [6.45, 7) is 0. The van der Waals surface area contributed by atoms with E-state index in [1.807, 2.05) is 0 Å². The van der Waals surface area contributed by atoms with Gasteiger partial charge < -0.3 is 10.6 Å². The molecule has 0 aromatic heterocycles. The van der Waals surface area contributed by atoms with E-state index in [2.05, 4.69) is 10.6 Å². The number of likely N-dealkylation sites (N-methyl/N-ethyl adjacent to an activating group) is 1. The molecule has 0 aliphatic carbocycles. The van der Waals surface area contributed by atoms with Gasteiger partial charge in [-0.2, -0.15) is 0 Å². The molecule has 0 spiro atoms. The van der Waals surface area contributed by atoms with Crippen molar-refractivity contribution in [3.63, 3.8) is 0 Å². The molecule has 2 amide bonds. The Morgan fingerprint density at radius 3 is 2.30 bits per heavy atom. The van der Waals surface area contributed by atoms with Gasteiger partial charge in [0, 0.05) is 18.8 Å². The van der Waals surface area contributed by atoms with E-state index >= 15 is 0 Å². The summed E-state index contributed by atoms with van der Waals surface area (Å²) in [5.41, 5.74) is 2.24. The van der Waals surface area contributed by atoms with Gasteiger partial charge in [-0.25, -0.2) is 4.39 Å². The number of benzene rings is 2. The first-order valence-electron chi connectivity index (χ1n) is 7.11. The number of carbonyl (C=O) groups is 2. The number of amides is 2. The third-order valence-electron chi connectivity index (χ3n) is 3.16. The fourth-order valence-corrected chi connectivity index (χ4v) is 1.91. The van der Waals surface area contributed by atoms with Crippen molar-refractivity contribution >= 4 is 23.6 Å². The Morgan fingerprint density at radius 2 is 1.70 bits per heavy atom. The number of hydrogen-bond acceptors (Lipinski definition) is 2. The second-order valence-corrected chi connectivity index (χ2v) is 4.92. The maximum absolute atomic E-state index is 12.8. The molecule has 0 aliphatic rings. The first-order valence-corrected chi connectivity index (χ1v) is 7.11. The Kier molecular flexibility index (Phi) is 5.63. The van der Waals surface area contributed by atoms with Gasteiger partial charge in [0.25, 0.3) is 0 Å². The molecule has 0 radical (unpaired) electrons. The number of anilines is 1. The van der Waals surface area contributed by atoms with Crippen molar-refractivity contribution in [2.75, 3.05) is 12.4 Å². The summed E-state index contributed by atoms with van der Waals surface area (Å²) in [5, 5.41) is 5.27. The summed E-state index contributed by atoms with van der Waals surface area (Å²) >= 11 is 0. The van der Waals surface area contributed by atoms with E-state index in [0.717, 1.165) is 11.1 Å². The molecule has 118 valence electrons. The minimum absolute atomic E-state index is 0.0657. The number of hydrogen-bond donors (Lipinski definition) is 2. The van der Waals surface area contributed by atoms with Crippen LogP contribution in [0.1, 0.15) is 11.1 Å². The Balaban J connectivity index is 1.92. The summed E-state index contributed by atoms with van der Waals surface area (Å²) in [4.78, 5) is 23.1. The lowest BCUT2D eigenvalue weighted by Gasteiger charge is -2.04. The first-order chi connectivity index (χ1) is 11.1. The largest absolute Gasteiger partial charge is 0.359 e. The zero-order valence-corrected chi connectivity index (χ0v) is 12.7. The molecule has 0 atom stereocenters. The van der Waals surface area contributed by atoms with Gasteiger partial charge in [-0.15, -0.1) is 0 Å². The molecular weight excluding hydrogens is 295 g/mol. The van der Waals surface area contributed by atoms with Crippen LogP contribution in [0.2, 0.25) is 0 Å². The summed E-state index contributed by atoms with van der Waals surface area (Å²) in [5.74, 6) is -0.666. The molecule has 2 rings (SSSR count). The van der Waals surface area contributed by atoms with Crippen LogP contribution in [0.15, 0.2) is 54.6 Å². The van der Waals surface area contributed by atoms with Crippen molar-refractivity contribution in [1.29, 1.82) is 0 Å². The van der Waals surface area contributed by atoms with Gasteiger partial charge in [0.15, 0.2) is 0 Å². The lowest BCUT2D eigenvalue weighted by molar-refractivity contribution is -0.120. The standard InChI is InChI=1S/C18H17FN2O2/c1-20-18(23)12-14-4-9-16(10-5-14)21-17(22)11-6-13-2-7-15(19)8-3-13/h2-11H,12H2,1H3,(H,20,23)(H,21,22)/b11-6+. The van der Waals surface area contributed by atoms with Crippen molar-refractivity contribution in [3.8, 4) is 0 Å². The lowest BCUT2D eigenvalue weighted by Crippen LogP contribution is -2.19. The molecule has 0 saturated carbocycles. The fourth-order valence-electron chi connectivity index (χ4n) is 1.91. The van der Waals surface area contributed by atoms with Gasteiger partial charge in [-0.05, 0) is 41.5 Å². The molecule has 0 unspecified atom stereocenters. The summed E-state index contributed by atoms with van der Waals surface area (Å²) < 4.78 is 12.8. The molecule has 0 saturated heterocycles. The topological polar surface area (TPSA) is 58.2 Å². The molecule has 0 aliphatic heterocycles. The average Bonchev–Trinajstić information content (AvgIpc) is 2.56. The highest BCUT2D eigenvalue weighted by Gasteiger charge is 2.02. The molecule has 4 nitrogen and oxygen atoms in total. The Bertz CT molecular complexity index is 707. The normalized spacial score (nSPS) is 10.5.